The summed E-state index contributed by atoms with van der Waals surface area (Å²) in [7, 11) is 0. The molecule has 0 bridgehead atoms. The van der Waals surface area contributed by atoms with Crippen LogP contribution in [-0.4, -0.2) is 78.1 Å². The fraction of sp³-hybridized carbons (Fsp3) is 0.579. The van der Waals surface area contributed by atoms with Crippen molar-refractivity contribution in [3.05, 3.63) is 29.8 Å². The third-order valence-electron chi connectivity index (χ3n) is 5.04. The highest BCUT2D eigenvalue weighted by atomic mass is 32.2. The molecule has 0 saturated carbocycles. The number of hydrogen-bond acceptors (Lipinski definition) is 4. The van der Waals surface area contributed by atoms with E-state index in [0.29, 0.717) is 32.7 Å². The van der Waals surface area contributed by atoms with Crippen LogP contribution in [-0.2, 0) is 9.59 Å². The molecule has 0 atom stereocenters. The van der Waals surface area contributed by atoms with Gasteiger partial charge >= 0.3 is 0 Å². The van der Waals surface area contributed by atoms with Crippen LogP contribution >= 0.6 is 11.8 Å². The van der Waals surface area contributed by atoms with Gasteiger partial charge in [-0.25, -0.2) is 8.78 Å². The van der Waals surface area contributed by atoms with E-state index in [1.54, 1.807) is 4.90 Å². The summed E-state index contributed by atoms with van der Waals surface area (Å²) < 4.78 is 26.6. The highest BCUT2D eigenvalue weighted by Gasteiger charge is 2.25. The fourth-order valence-electron chi connectivity index (χ4n) is 3.41. The molecule has 0 aromatic heterocycles. The molecule has 2 saturated heterocycles. The molecule has 1 aromatic rings. The molecule has 2 amide bonds. The van der Waals surface area contributed by atoms with Gasteiger partial charge in [-0.15, -0.1) is 11.8 Å². The second kappa shape index (κ2) is 9.50. The Bertz CT molecular complexity index is 675. The molecule has 0 unspecified atom stereocenters. The minimum absolute atomic E-state index is 0.0641. The summed E-state index contributed by atoms with van der Waals surface area (Å²) in [6, 6.07) is 3.37. The van der Waals surface area contributed by atoms with E-state index < -0.39 is 11.6 Å². The molecule has 8 heteroatoms. The predicted molar refractivity (Wildman–Crippen MR) is 101 cm³/mol. The predicted octanol–water partition coefficient (Wildman–Crippen LogP) is 2.21. The van der Waals surface area contributed by atoms with E-state index in [2.05, 4.69) is 4.90 Å². The quantitative estimate of drug-likeness (QED) is 0.715. The number of carbonyl (C=O) groups excluding carboxylic acids is 2. The van der Waals surface area contributed by atoms with Crippen LogP contribution in [0.5, 0.6) is 0 Å². The van der Waals surface area contributed by atoms with Gasteiger partial charge < -0.3 is 9.80 Å². The molecule has 0 radical (unpaired) electrons. The van der Waals surface area contributed by atoms with Crippen LogP contribution in [0.1, 0.15) is 19.3 Å². The molecule has 2 heterocycles. The average Bonchev–Trinajstić information content (AvgIpc) is 2.68. The first-order valence-electron chi connectivity index (χ1n) is 9.38. The monoisotopic (exact) mass is 397 g/mol. The van der Waals surface area contributed by atoms with E-state index >= 15 is 0 Å². The zero-order valence-corrected chi connectivity index (χ0v) is 16.1. The molecule has 0 spiro atoms. The SMILES string of the molecule is O=C(CSc1ccc(F)cc1F)N1CCN(CC(=O)N2CCCCC2)CC1. The Labute approximate surface area is 162 Å². The number of amides is 2. The van der Waals surface area contributed by atoms with Gasteiger partial charge in [0.2, 0.25) is 11.8 Å². The van der Waals surface area contributed by atoms with Crippen LogP contribution in [0.4, 0.5) is 8.78 Å². The zero-order valence-electron chi connectivity index (χ0n) is 15.3. The van der Waals surface area contributed by atoms with Crippen LogP contribution in [0.3, 0.4) is 0 Å². The number of rotatable bonds is 5. The van der Waals surface area contributed by atoms with Gasteiger partial charge in [-0.2, -0.15) is 0 Å². The van der Waals surface area contributed by atoms with Crippen LogP contribution in [0.25, 0.3) is 0 Å². The van der Waals surface area contributed by atoms with Gasteiger partial charge in [-0.1, -0.05) is 0 Å². The van der Waals surface area contributed by atoms with Gasteiger partial charge in [0.05, 0.1) is 12.3 Å². The van der Waals surface area contributed by atoms with E-state index in [-0.39, 0.29) is 22.5 Å². The number of piperidine rings is 1. The van der Waals surface area contributed by atoms with E-state index in [9.17, 15) is 18.4 Å². The number of benzene rings is 1. The van der Waals surface area contributed by atoms with Crippen molar-refractivity contribution in [1.29, 1.82) is 0 Å². The third-order valence-corrected chi connectivity index (χ3v) is 6.07. The maximum Gasteiger partial charge on any atom is 0.236 e. The first-order chi connectivity index (χ1) is 13.0. The van der Waals surface area contributed by atoms with Crippen LogP contribution in [0.2, 0.25) is 0 Å². The summed E-state index contributed by atoms with van der Waals surface area (Å²) >= 11 is 1.08. The Balaban J connectivity index is 1.40. The fourth-order valence-corrected chi connectivity index (χ4v) is 4.24. The summed E-state index contributed by atoms with van der Waals surface area (Å²) in [4.78, 5) is 30.7. The maximum absolute atomic E-state index is 13.6. The molecule has 2 aliphatic rings. The van der Waals surface area contributed by atoms with Crippen molar-refractivity contribution in [3.63, 3.8) is 0 Å². The van der Waals surface area contributed by atoms with Crippen LogP contribution < -0.4 is 0 Å². The summed E-state index contributed by atoms with van der Waals surface area (Å²) in [6.45, 7) is 4.60. The van der Waals surface area contributed by atoms with Crippen molar-refractivity contribution in [1.82, 2.24) is 14.7 Å². The third kappa shape index (κ3) is 5.65. The largest absolute Gasteiger partial charge is 0.342 e. The minimum Gasteiger partial charge on any atom is -0.342 e. The molecule has 2 fully saturated rings. The lowest BCUT2D eigenvalue weighted by molar-refractivity contribution is -0.134. The van der Waals surface area contributed by atoms with Gasteiger partial charge in [-0.05, 0) is 31.4 Å². The molecule has 0 aliphatic carbocycles. The summed E-state index contributed by atoms with van der Waals surface area (Å²) in [6.07, 6.45) is 3.37. The van der Waals surface area contributed by atoms with Crippen molar-refractivity contribution in [2.24, 2.45) is 0 Å². The number of hydrogen-bond donors (Lipinski definition) is 0. The lowest BCUT2D eigenvalue weighted by Crippen LogP contribution is -2.52. The summed E-state index contributed by atoms with van der Waals surface area (Å²) in [5.74, 6) is -1.04. The van der Waals surface area contributed by atoms with Gasteiger partial charge in [0, 0.05) is 50.2 Å². The summed E-state index contributed by atoms with van der Waals surface area (Å²) in [5.41, 5.74) is 0. The van der Waals surface area contributed by atoms with Crippen molar-refractivity contribution in [3.8, 4) is 0 Å². The normalized spacial score (nSPS) is 18.6. The van der Waals surface area contributed by atoms with Crippen molar-refractivity contribution in [2.45, 2.75) is 24.2 Å². The molecule has 2 aliphatic heterocycles. The molecule has 0 N–H and O–H groups in total. The lowest BCUT2D eigenvalue weighted by Gasteiger charge is -2.36. The number of nitrogens with zero attached hydrogens (tertiary/aromatic N) is 3. The minimum atomic E-state index is -0.645. The Morgan fingerprint density at radius 3 is 2.22 bits per heavy atom. The van der Waals surface area contributed by atoms with Crippen molar-refractivity contribution < 1.29 is 18.4 Å². The van der Waals surface area contributed by atoms with Crippen LogP contribution in [0.15, 0.2) is 23.1 Å². The molecule has 1 aromatic carbocycles. The molecule has 27 heavy (non-hydrogen) atoms. The number of piperazine rings is 1. The van der Waals surface area contributed by atoms with E-state index in [1.165, 1.54) is 18.6 Å². The maximum atomic E-state index is 13.6. The van der Waals surface area contributed by atoms with Crippen molar-refractivity contribution >= 4 is 23.6 Å². The molecular weight excluding hydrogens is 372 g/mol. The number of likely N-dealkylation sites (tertiary alicyclic amines) is 1. The van der Waals surface area contributed by atoms with E-state index in [0.717, 1.165) is 43.8 Å². The first kappa shape index (κ1) is 20.1. The topological polar surface area (TPSA) is 43.9 Å². The number of halogens is 2. The van der Waals surface area contributed by atoms with Crippen molar-refractivity contribution in [2.75, 3.05) is 51.6 Å². The van der Waals surface area contributed by atoms with Gasteiger partial charge in [0.25, 0.3) is 0 Å². The second-order valence-electron chi connectivity index (χ2n) is 6.96. The number of carbonyl (C=O) groups is 2. The first-order valence-corrected chi connectivity index (χ1v) is 10.4. The van der Waals surface area contributed by atoms with E-state index in [4.69, 9.17) is 0 Å². The Morgan fingerprint density at radius 1 is 0.889 bits per heavy atom. The lowest BCUT2D eigenvalue weighted by atomic mass is 10.1. The Kier molecular flexibility index (Phi) is 7.07. The van der Waals surface area contributed by atoms with Gasteiger partial charge in [0.15, 0.2) is 0 Å². The molecular formula is C19H25F2N3O2S. The standard InChI is InChI=1S/C19H25F2N3O2S/c20-15-4-5-17(16(21)12-15)27-14-19(26)24-10-8-22(9-11-24)13-18(25)23-6-2-1-3-7-23/h4-5,12H,1-3,6-11,13-14H2. The highest BCUT2D eigenvalue weighted by Crippen LogP contribution is 2.23. The molecule has 5 nitrogen and oxygen atoms in total. The Morgan fingerprint density at radius 2 is 1.56 bits per heavy atom. The molecule has 3 rings (SSSR count). The van der Waals surface area contributed by atoms with Gasteiger partial charge in [-0.3, -0.25) is 14.5 Å². The summed E-state index contributed by atoms with van der Waals surface area (Å²) in [5, 5.41) is 0. The second-order valence-corrected chi connectivity index (χ2v) is 7.98. The van der Waals surface area contributed by atoms with Crippen LogP contribution in [0, 0.1) is 11.6 Å². The highest BCUT2D eigenvalue weighted by molar-refractivity contribution is 8.00. The molecule has 148 valence electrons. The number of thioether (sulfide) groups is 1. The Hall–Kier alpha value is -1.67. The average molecular weight is 397 g/mol. The van der Waals surface area contributed by atoms with Gasteiger partial charge in [0.1, 0.15) is 11.6 Å². The smallest absolute Gasteiger partial charge is 0.236 e. The zero-order chi connectivity index (χ0) is 19.2. The van der Waals surface area contributed by atoms with E-state index in [1.807, 2.05) is 4.90 Å².